The fraction of sp³-hybridized carbons (Fsp3) is 0.857. The van der Waals surface area contributed by atoms with Crippen LogP contribution in [0.5, 0.6) is 0 Å². The van der Waals surface area contributed by atoms with Gasteiger partial charge in [0.2, 0.25) is 0 Å². The summed E-state index contributed by atoms with van der Waals surface area (Å²) in [7, 11) is 0. The van der Waals surface area contributed by atoms with Crippen LogP contribution in [-0.2, 0) is 4.79 Å². The molecule has 0 saturated carbocycles. The second-order valence-electron chi connectivity index (χ2n) is 5.75. The number of unbranched alkanes of at least 4 members (excludes halogenated alkanes) is 2. The zero-order chi connectivity index (χ0) is 14.5. The quantitative estimate of drug-likeness (QED) is 0.687. The Morgan fingerprint density at radius 2 is 1.63 bits per heavy atom. The number of hydrogen-bond donors (Lipinski definition) is 1. The Kier molecular flexibility index (Phi) is 5.79. The lowest BCUT2D eigenvalue weighted by atomic mass is 10.1. The number of carbonyl (C=O) groups is 2. The Hall–Kier alpha value is -1.10. The van der Waals surface area contributed by atoms with Crippen molar-refractivity contribution in [2.45, 2.75) is 58.9 Å². The summed E-state index contributed by atoms with van der Waals surface area (Å²) in [5.74, 6) is -0.129. The van der Waals surface area contributed by atoms with Gasteiger partial charge in [-0.25, -0.2) is 9.69 Å². The Morgan fingerprint density at radius 1 is 1.11 bits per heavy atom. The second kappa shape index (κ2) is 6.89. The van der Waals surface area contributed by atoms with E-state index in [2.05, 4.69) is 24.1 Å². The molecule has 0 radical (unpaired) electrons. The maximum atomic E-state index is 12.1. The monoisotopic (exact) mass is 269 g/mol. The van der Waals surface area contributed by atoms with E-state index in [1.807, 2.05) is 0 Å². The van der Waals surface area contributed by atoms with Crippen molar-refractivity contribution < 1.29 is 9.59 Å². The third kappa shape index (κ3) is 4.20. The van der Waals surface area contributed by atoms with E-state index < -0.39 is 5.54 Å². The summed E-state index contributed by atoms with van der Waals surface area (Å²) in [5, 5.41) is 2.72. The third-order valence-electron chi connectivity index (χ3n) is 3.44. The summed E-state index contributed by atoms with van der Waals surface area (Å²) in [5.41, 5.74) is -0.766. The van der Waals surface area contributed by atoms with Crippen molar-refractivity contribution in [3.05, 3.63) is 0 Å². The molecule has 0 unspecified atom stereocenters. The van der Waals surface area contributed by atoms with Gasteiger partial charge in [-0.3, -0.25) is 9.69 Å². The van der Waals surface area contributed by atoms with E-state index in [-0.39, 0.29) is 11.9 Å². The van der Waals surface area contributed by atoms with E-state index in [9.17, 15) is 9.59 Å². The number of carbonyl (C=O) groups excluding carboxylic acids is 2. The molecule has 110 valence electrons. The van der Waals surface area contributed by atoms with Gasteiger partial charge in [-0.1, -0.05) is 26.7 Å². The molecule has 0 aliphatic carbocycles. The van der Waals surface area contributed by atoms with Gasteiger partial charge in [-0.15, -0.1) is 0 Å². The van der Waals surface area contributed by atoms with Gasteiger partial charge in [0.15, 0.2) is 0 Å². The molecule has 1 fully saturated rings. The van der Waals surface area contributed by atoms with Crippen LogP contribution in [0.15, 0.2) is 0 Å². The number of imide groups is 1. The van der Waals surface area contributed by atoms with E-state index in [0.29, 0.717) is 6.67 Å². The largest absolute Gasteiger partial charge is 0.326 e. The zero-order valence-corrected chi connectivity index (χ0v) is 12.7. The summed E-state index contributed by atoms with van der Waals surface area (Å²) in [6.45, 7) is 10.1. The van der Waals surface area contributed by atoms with Gasteiger partial charge >= 0.3 is 6.03 Å². The molecule has 1 rings (SSSR count). The molecular formula is C14H27N3O2. The topological polar surface area (TPSA) is 52.6 Å². The normalized spacial score (nSPS) is 18.3. The fourth-order valence-electron chi connectivity index (χ4n) is 2.16. The highest BCUT2D eigenvalue weighted by Crippen LogP contribution is 2.17. The predicted molar refractivity (Wildman–Crippen MR) is 75.7 cm³/mol. The average Bonchev–Trinajstić information content (AvgIpc) is 2.54. The van der Waals surface area contributed by atoms with Crippen LogP contribution >= 0.6 is 0 Å². The summed E-state index contributed by atoms with van der Waals surface area (Å²) in [6.07, 6.45) is 4.43. The Bertz CT molecular complexity index is 321. The van der Waals surface area contributed by atoms with Crippen molar-refractivity contribution in [2.24, 2.45) is 0 Å². The highest BCUT2D eigenvalue weighted by molar-refractivity contribution is 6.06. The summed E-state index contributed by atoms with van der Waals surface area (Å²) >= 11 is 0. The lowest BCUT2D eigenvalue weighted by molar-refractivity contribution is -0.131. The molecule has 1 saturated heterocycles. The molecule has 5 nitrogen and oxygen atoms in total. The lowest BCUT2D eigenvalue weighted by Gasteiger charge is -2.26. The first-order valence-electron chi connectivity index (χ1n) is 7.28. The molecular weight excluding hydrogens is 242 g/mol. The number of rotatable bonds is 8. The molecule has 1 heterocycles. The van der Waals surface area contributed by atoms with E-state index in [4.69, 9.17) is 0 Å². The van der Waals surface area contributed by atoms with Gasteiger partial charge in [0.05, 0.1) is 6.67 Å². The molecule has 0 atom stereocenters. The Morgan fingerprint density at radius 3 is 2.00 bits per heavy atom. The summed E-state index contributed by atoms with van der Waals surface area (Å²) in [4.78, 5) is 27.5. The Labute approximate surface area is 116 Å². The van der Waals surface area contributed by atoms with Gasteiger partial charge in [0.25, 0.3) is 5.91 Å². The minimum Gasteiger partial charge on any atom is -0.324 e. The van der Waals surface area contributed by atoms with Crippen LogP contribution in [0.1, 0.15) is 53.4 Å². The van der Waals surface area contributed by atoms with Gasteiger partial charge in [0.1, 0.15) is 5.54 Å². The molecule has 1 aliphatic heterocycles. The van der Waals surface area contributed by atoms with Gasteiger partial charge in [-0.05, 0) is 39.8 Å². The van der Waals surface area contributed by atoms with Crippen molar-refractivity contribution in [1.82, 2.24) is 15.1 Å². The van der Waals surface area contributed by atoms with E-state index in [1.165, 1.54) is 4.90 Å². The molecule has 1 aliphatic rings. The van der Waals surface area contributed by atoms with E-state index in [0.717, 1.165) is 38.8 Å². The van der Waals surface area contributed by atoms with Crippen LogP contribution in [0.3, 0.4) is 0 Å². The number of amides is 3. The molecule has 0 spiro atoms. The maximum Gasteiger partial charge on any atom is 0.326 e. The number of urea groups is 1. The van der Waals surface area contributed by atoms with Crippen LogP contribution in [0.25, 0.3) is 0 Å². The van der Waals surface area contributed by atoms with Crippen molar-refractivity contribution in [2.75, 3.05) is 19.8 Å². The first-order valence-corrected chi connectivity index (χ1v) is 7.28. The van der Waals surface area contributed by atoms with Crippen LogP contribution in [-0.4, -0.2) is 47.0 Å². The molecule has 0 bridgehead atoms. The van der Waals surface area contributed by atoms with Crippen molar-refractivity contribution in [3.63, 3.8) is 0 Å². The number of nitrogens with one attached hydrogen (secondary N) is 1. The van der Waals surface area contributed by atoms with Crippen molar-refractivity contribution in [3.8, 4) is 0 Å². The molecule has 19 heavy (non-hydrogen) atoms. The minimum absolute atomic E-state index is 0.129. The minimum atomic E-state index is -0.766. The second-order valence-corrected chi connectivity index (χ2v) is 5.75. The lowest BCUT2D eigenvalue weighted by Crippen LogP contribution is -2.44. The summed E-state index contributed by atoms with van der Waals surface area (Å²) < 4.78 is 0. The number of nitrogens with zero attached hydrogens (tertiary/aromatic N) is 2. The molecule has 5 heteroatoms. The molecule has 0 aromatic carbocycles. The van der Waals surface area contributed by atoms with Gasteiger partial charge in [-0.2, -0.15) is 0 Å². The SMILES string of the molecule is CCCCN(CCCC)CN1C(=O)NC(C)(C)C1=O. The van der Waals surface area contributed by atoms with Crippen LogP contribution in [0, 0.1) is 0 Å². The molecule has 3 amide bonds. The van der Waals surface area contributed by atoms with Crippen molar-refractivity contribution in [1.29, 1.82) is 0 Å². The van der Waals surface area contributed by atoms with Crippen LogP contribution in [0.2, 0.25) is 0 Å². The van der Waals surface area contributed by atoms with Crippen LogP contribution in [0.4, 0.5) is 4.79 Å². The predicted octanol–water partition coefficient (Wildman–Crippen LogP) is 2.18. The highest BCUT2D eigenvalue weighted by atomic mass is 16.2. The van der Waals surface area contributed by atoms with Crippen molar-refractivity contribution >= 4 is 11.9 Å². The highest BCUT2D eigenvalue weighted by Gasteiger charge is 2.44. The standard InChI is InChI=1S/C14H27N3O2/c1-5-7-9-16(10-8-6-2)11-17-12(18)14(3,4)15-13(17)19/h5-11H2,1-4H3,(H,15,19). The smallest absolute Gasteiger partial charge is 0.324 e. The molecule has 1 N–H and O–H groups in total. The Balaban J connectivity index is 2.62. The average molecular weight is 269 g/mol. The fourth-order valence-corrected chi connectivity index (χ4v) is 2.16. The van der Waals surface area contributed by atoms with Gasteiger partial charge < -0.3 is 5.32 Å². The maximum absolute atomic E-state index is 12.1. The van der Waals surface area contributed by atoms with E-state index >= 15 is 0 Å². The molecule has 0 aromatic heterocycles. The zero-order valence-electron chi connectivity index (χ0n) is 12.7. The first kappa shape index (κ1) is 16.0. The summed E-state index contributed by atoms with van der Waals surface area (Å²) in [6, 6.07) is -0.270. The molecule has 0 aromatic rings. The number of hydrogen-bond acceptors (Lipinski definition) is 3. The van der Waals surface area contributed by atoms with Gasteiger partial charge in [0, 0.05) is 0 Å². The van der Waals surface area contributed by atoms with Crippen LogP contribution < -0.4 is 5.32 Å². The third-order valence-corrected chi connectivity index (χ3v) is 3.44. The van der Waals surface area contributed by atoms with E-state index in [1.54, 1.807) is 13.8 Å². The first-order chi connectivity index (χ1) is 8.92.